The number of hydrogen-bond donors (Lipinski definition) is 2. The zero-order valence-corrected chi connectivity index (χ0v) is 16.5. The number of fused-ring (bicyclic) bond motifs is 1. The van der Waals surface area contributed by atoms with E-state index in [1.807, 2.05) is 0 Å². The minimum Gasteiger partial charge on any atom is -0.492 e. The molecule has 2 aromatic heterocycles. The summed E-state index contributed by atoms with van der Waals surface area (Å²) in [6.45, 7) is 9.96. The van der Waals surface area contributed by atoms with Crippen molar-refractivity contribution in [2.75, 3.05) is 19.7 Å². The van der Waals surface area contributed by atoms with Crippen LogP contribution in [-0.2, 0) is 5.41 Å². The number of aliphatic hydroxyl groups excluding tert-OH is 1. The van der Waals surface area contributed by atoms with Crippen molar-refractivity contribution in [2.24, 2.45) is 0 Å². The van der Waals surface area contributed by atoms with Crippen LogP contribution in [0.15, 0.2) is 30.6 Å². The van der Waals surface area contributed by atoms with E-state index in [4.69, 9.17) is 0 Å². The maximum atomic E-state index is 10.7. The normalized spacial score (nSPS) is 13.6. The number of likely N-dealkylation sites (N-methyl/N-ethyl adjacent to an activating group) is 1. The first-order chi connectivity index (χ1) is 12.4. The second-order valence-corrected chi connectivity index (χ2v) is 8.38. The Balaban J connectivity index is 2.08. The third-order valence-corrected chi connectivity index (χ3v) is 5.72. The van der Waals surface area contributed by atoms with E-state index in [9.17, 15) is 10.2 Å². The van der Waals surface area contributed by atoms with Gasteiger partial charge in [0.15, 0.2) is 0 Å². The van der Waals surface area contributed by atoms with Crippen molar-refractivity contribution in [1.29, 1.82) is 0 Å². The molecule has 2 heterocycles. The third kappa shape index (κ3) is 3.47. The molecule has 0 bridgehead atoms. The summed E-state index contributed by atoms with van der Waals surface area (Å²) in [4.78, 5) is 7.80. The Morgan fingerprint density at radius 2 is 1.92 bits per heavy atom. The first-order valence-electron chi connectivity index (χ1n) is 8.83. The molecule has 1 atom stereocenters. The van der Waals surface area contributed by atoms with Crippen LogP contribution >= 0.6 is 11.3 Å². The van der Waals surface area contributed by atoms with Crippen LogP contribution < -0.4 is 0 Å². The van der Waals surface area contributed by atoms with Crippen LogP contribution in [0.4, 0.5) is 0 Å². The number of benzene rings is 1. The van der Waals surface area contributed by atoms with Crippen molar-refractivity contribution in [3.05, 3.63) is 46.6 Å². The van der Waals surface area contributed by atoms with Crippen LogP contribution in [0.5, 0.6) is 5.88 Å². The minimum absolute atomic E-state index is 0.0614. The topological polar surface area (TPSA) is 73.9 Å². The number of aromatic hydroxyl groups is 1. The molecule has 0 aliphatic rings. The molecule has 0 amide bonds. The molecule has 0 radical (unpaired) electrons. The first kappa shape index (κ1) is 18.8. The van der Waals surface area contributed by atoms with Crippen molar-refractivity contribution >= 4 is 16.3 Å². The van der Waals surface area contributed by atoms with Crippen molar-refractivity contribution in [2.45, 2.75) is 39.2 Å². The molecule has 2 N–H and O–H groups in total. The van der Waals surface area contributed by atoms with E-state index < -0.39 is 0 Å². The molecule has 0 aliphatic heterocycles. The highest BCUT2D eigenvalue weighted by Gasteiger charge is 2.28. The fourth-order valence-corrected chi connectivity index (χ4v) is 4.26. The molecule has 0 saturated heterocycles. The van der Waals surface area contributed by atoms with Gasteiger partial charge in [0.05, 0.1) is 17.5 Å². The summed E-state index contributed by atoms with van der Waals surface area (Å²) in [6.07, 6.45) is 1.44. The van der Waals surface area contributed by atoms with E-state index >= 15 is 0 Å². The van der Waals surface area contributed by atoms with Gasteiger partial charge in [-0.1, -0.05) is 63.3 Å². The highest BCUT2D eigenvalue weighted by molar-refractivity contribution is 7.17. The predicted octanol–water partition coefficient (Wildman–Crippen LogP) is 3.20. The molecule has 3 rings (SSSR count). The lowest BCUT2D eigenvalue weighted by atomic mass is 9.86. The van der Waals surface area contributed by atoms with Gasteiger partial charge >= 0.3 is 0 Å². The molecular weight excluding hydrogens is 348 g/mol. The quantitative estimate of drug-likeness (QED) is 0.693. The van der Waals surface area contributed by atoms with Crippen LogP contribution in [0, 0.1) is 0 Å². The van der Waals surface area contributed by atoms with Gasteiger partial charge in [0.1, 0.15) is 6.33 Å². The van der Waals surface area contributed by atoms with Crippen molar-refractivity contribution < 1.29 is 10.2 Å². The summed E-state index contributed by atoms with van der Waals surface area (Å²) >= 11 is 1.43. The molecule has 0 saturated carbocycles. The fourth-order valence-electron chi connectivity index (χ4n) is 3.16. The Labute approximate surface area is 157 Å². The van der Waals surface area contributed by atoms with Gasteiger partial charge in [-0.05, 0) is 23.1 Å². The summed E-state index contributed by atoms with van der Waals surface area (Å²) in [6, 6.07) is 8.35. The number of hydrogen-bond acceptors (Lipinski definition) is 6. The Bertz CT molecular complexity index is 864. The van der Waals surface area contributed by atoms with Crippen LogP contribution in [-0.4, -0.2) is 49.4 Å². The smallest absolute Gasteiger partial charge is 0.230 e. The lowest BCUT2D eigenvalue weighted by Gasteiger charge is -2.30. The van der Waals surface area contributed by atoms with Crippen LogP contribution in [0.25, 0.3) is 4.96 Å². The van der Waals surface area contributed by atoms with E-state index in [1.54, 1.807) is 0 Å². The largest absolute Gasteiger partial charge is 0.492 e. The van der Waals surface area contributed by atoms with Crippen LogP contribution in [0.1, 0.15) is 49.7 Å². The Kier molecular flexibility index (Phi) is 5.32. The highest BCUT2D eigenvalue weighted by Crippen LogP contribution is 2.39. The lowest BCUT2D eigenvalue weighted by Crippen LogP contribution is -2.31. The summed E-state index contributed by atoms with van der Waals surface area (Å²) in [5.41, 5.74) is 2.42. The molecule has 1 unspecified atom stereocenters. The first-order valence-corrected chi connectivity index (χ1v) is 9.65. The highest BCUT2D eigenvalue weighted by atomic mass is 32.1. The molecule has 140 valence electrons. The summed E-state index contributed by atoms with van der Waals surface area (Å²) in [7, 11) is 0. The van der Waals surface area contributed by atoms with Gasteiger partial charge in [0.25, 0.3) is 0 Å². The number of thiazole rings is 1. The van der Waals surface area contributed by atoms with Gasteiger partial charge in [-0.25, -0.2) is 4.98 Å². The van der Waals surface area contributed by atoms with E-state index in [0.717, 1.165) is 17.0 Å². The van der Waals surface area contributed by atoms with Gasteiger partial charge < -0.3 is 10.2 Å². The molecule has 0 aliphatic carbocycles. The summed E-state index contributed by atoms with van der Waals surface area (Å²) < 4.78 is 1.46. The molecule has 7 heteroatoms. The van der Waals surface area contributed by atoms with E-state index in [-0.39, 0.29) is 23.9 Å². The van der Waals surface area contributed by atoms with Gasteiger partial charge in [-0.15, -0.1) is 0 Å². The van der Waals surface area contributed by atoms with Gasteiger partial charge in [-0.3, -0.25) is 4.90 Å². The zero-order chi connectivity index (χ0) is 18.9. The molecule has 6 nitrogen and oxygen atoms in total. The number of aliphatic hydroxyl groups is 1. The number of nitrogens with zero attached hydrogens (tertiary/aromatic N) is 4. The van der Waals surface area contributed by atoms with Gasteiger partial charge in [-0.2, -0.15) is 9.61 Å². The average molecular weight is 375 g/mol. The Hall–Kier alpha value is -1.96. The Morgan fingerprint density at radius 3 is 2.46 bits per heavy atom. The standard InChI is InChI=1S/C19H26N4O2S/c1-5-22(10-11-24)15(13-6-8-14(9-7-13)19(2,3)4)16-17(25)23-18(26-16)20-12-21-23/h6-9,12,15,24-25H,5,10-11H2,1-4H3. The van der Waals surface area contributed by atoms with E-state index in [2.05, 4.69) is 66.9 Å². The molecule has 3 aromatic rings. The Morgan fingerprint density at radius 1 is 1.23 bits per heavy atom. The molecule has 0 spiro atoms. The third-order valence-electron chi connectivity index (χ3n) is 4.64. The monoisotopic (exact) mass is 374 g/mol. The van der Waals surface area contributed by atoms with Gasteiger partial charge in [0, 0.05) is 6.54 Å². The maximum absolute atomic E-state index is 10.7. The van der Waals surface area contributed by atoms with Crippen molar-refractivity contribution in [3.63, 3.8) is 0 Å². The molecular formula is C19H26N4O2S. The fraction of sp³-hybridized carbons (Fsp3) is 0.474. The lowest BCUT2D eigenvalue weighted by molar-refractivity contribution is 0.174. The zero-order valence-electron chi connectivity index (χ0n) is 15.7. The van der Waals surface area contributed by atoms with Crippen molar-refractivity contribution in [1.82, 2.24) is 19.5 Å². The number of rotatable bonds is 6. The summed E-state index contributed by atoms with van der Waals surface area (Å²) in [5.74, 6) is 0.115. The SMILES string of the molecule is CCN(CCO)C(c1ccc(C(C)(C)C)cc1)c1sc2ncnn2c1O. The van der Waals surface area contributed by atoms with Crippen LogP contribution in [0.3, 0.4) is 0 Å². The van der Waals surface area contributed by atoms with Crippen LogP contribution in [0.2, 0.25) is 0 Å². The molecule has 0 fully saturated rings. The minimum atomic E-state index is -0.158. The number of aromatic nitrogens is 3. The second kappa shape index (κ2) is 7.34. The van der Waals surface area contributed by atoms with Crippen molar-refractivity contribution in [3.8, 4) is 5.88 Å². The molecule has 26 heavy (non-hydrogen) atoms. The maximum Gasteiger partial charge on any atom is 0.230 e. The predicted molar refractivity (Wildman–Crippen MR) is 104 cm³/mol. The summed E-state index contributed by atoms with van der Waals surface area (Å²) in [5, 5.41) is 24.3. The van der Waals surface area contributed by atoms with Gasteiger partial charge in [0.2, 0.25) is 10.8 Å². The van der Waals surface area contributed by atoms with E-state index in [0.29, 0.717) is 11.5 Å². The molecule has 1 aromatic carbocycles. The average Bonchev–Trinajstić information content (AvgIpc) is 3.18. The van der Waals surface area contributed by atoms with E-state index in [1.165, 1.54) is 27.7 Å². The second-order valence-electron chi connectivity index (χ2n) is 7.37.